The molecule has 0 atom stereocenters. The highest BCUT2D eigenvalue weighted by Crippen LogP contribution is 2.14. The highest BCUT2D eigenvalue weighted by molar-refractivity contribution is 9.10. The number of nitrogens with zero attached hydrogens (tertiary/aromatic N) is 1. The zero-order chi connectivity index (χ0) is 17.6. The highest BCUT2D eigenvalue weighted by Gasteiger charge is 2.03. The highest BCUT2D eigenvalue weighted by atomic mass is 79.9. The molecule has 0 aliphatic heterocycles. The molecule has 0 unspecified atom stereocenters. The standard InChI is InChI=1S/C17H27BrN4OS/c1-3-19-17(20-11-4-5-13-24-2)21-12-10-16(23)22-15-8-6-14(18)7-9-15/h6-9H,3-5,10-13H2,1-2H3,(H,22,23)(H2,19,20,21). The number of nitrogens with one attached hydrogen (secondary N) is 3. The summed E-state index contributed by atoms with van der Waals surface area (Å²) in [6, 6.07) is 7.55. The van der Waals surface area contributed by atoms with Gasteiger partial charge in [-0.3, -0.25) is 9.79 Å². The van der Waals surface area contributed by atoms with Crippen molar-refractivity contribution >= 4 is 45.2 Å². The Morgan fingerprint density at radius 3 is 2.62 bits per heavy atom. The fourth-order valence-electron chi connectivity index (χ4n) is 1.94. The van der Waals surface area contributed by atoms with Crippen LogP contribution >= 0.6 is 27.7 Å². The third-order valence-electron chi connectivity index (χ3n) is 3.14. The third-order valence-corrected chi connectivity index (χ3v) is 4.37. The van der Waals surface area contributed by atoms with Gasteiger partial charge in [0.25, 0.3) is 0 Å². The minimum absolute atomic E-state index is 0.0133. The molecule has 1 aromatic rings. The van der Waals surface area contributed by atoms with Gasteiger partial charge in [0.1, 0.15) is 0 Å². The average molecular weight is 415 g/mol. The van der Waals surface area contributed by atoms with Gasteiger partial charge in [-0.15, -0.1) is 0 Å². The Labute approximate surface area is 157 Å². The zero-order valence-corrected chi connectivity index (χ0v) is 16.8. The molecule has 0 fully saturated rings. The van der Waals surface area contributed by atoms with Gasteiger partial charge < -0.3 is 16.0 Å². The first-order valence-corrected chi connectivity index (χ1v) is 10.4. The largest absolute Gasteiger partial charge is 0.357 e. The van der Waals surface area contributed by atoms with E-state index in [1.54, 1.807) is 0 Å². The summed E-state index contributed by atoms with van der Waals surface area (Å²) in [5.41, 5.74) is 0.803. The van der Waals surface area contributed by atoms with E-state index < -0.39 is 0 Å². The van der Waals surface area contributed by atoms with Crippen molar-refractivity contribution in [2.24, 2.45) is 4.99 Å². The summed E-state index contributed by atoms with van der Waals surface area (Å²) in [6.07, 6.45) is 4.78. The van der Waals surface area contributed by atoms with E-state index in [-0.39, 0.29) is 5.91 Å². The Morgan fingerprint density at radius 2 is 1.96 bits per heavy atom. The molecule has 1 amide bonds. The van der Waals surface area contributed by atoms with Crippen molar-refractivity contribution in [1.29, 1.82) is 0 Å². The Hall–Kier alpha value is -1.21. The number of unbranched alkanes of at least 4 members (excludes halogenated alkanes) is 1. The fraction of sp³-hybridized carbons (Fsp3) is 0.529. The van der Waals surface area contributed by atoms with Crippen LogP contribution in [-0.2, 0) is 4.79 Å². The van der Waals surface area contributed by atoms with Crippen molar-refractivity contribution in [3.8, 4) is 0 Å². The number of aliphatic imine (C=N–C) groups is 1. The number of thioether (sulfide) groups is 1. The number of hydrogen-bond acceptors (Lipinski definition) is 3. The van der Waals surface area contributed by atoms with Gasteiger partial charge in [-0.25, -0.2) is 0 Å². The van der Waals surface area contributed by atoms with Crippen molar-refractivity contribution in [1.82, 2.24) is 10.6 Å². The van der Waals surface area contributed by atoms with Crippen LogP contribution < -0.4 is 16.0 Å². The first-order chi connectivity index (χ1) is 11.7. The number of carbonyl (C=O) groups excluding carboxylic acids is 1. The SMILES string of the molecule is CCNC(=NCCCCSC)NCCC(=O)Nc1ccc(Br)cc1. The molecule has 0 saturated heterocycles. The Kier molecular flexibility index (Phi) is 11.4. The van der Waals surface area contributed by atoms with E-state index in [1.165, 1.54) is 12.2 Å². The summed E-state index contributed by atoms with van der Waals surface area (Å²) in [4.78, 5) is 16.5. The van der Waals surface area contributed by atoms with Gasteiger partial charge in [0, 0.05) is 36.2 Å². The molecule has 0 saturated carbocycles. The molecule has 0 aliphatic carbocycles. The van der Waals surface area contributed by atoms with Crippen molar-refractivity contribution in [3.63, 3.8) is 0 Å². The Bertz CT molecular complexity index is 508. The smallest absolute Gasteiger partial charge is 0.226 e. The lowest BCUT2D eigenvalue weighted by Gasteiger charge is -2.11. The van der Waals surface area contributed by atoms with E-state index in [1.807, 2.05) is 43.0 Å². The Balaban J connectivity index is 2.29. The molecular weight excluding hydrogens is 388 g/mol. The number of anilines is 1. The van der Waals surface area contributed by atoms with Crippen LogP contribution in [0.15, 0.2) is 33.7 Å². The number of carbonyl (C=O) groups is 1. The molecule has 0 heterocycles. The molecule has 1 rings (SSSR count). The van der Waals surface area contributed by atoms with Crippen molar-refractivity contribution < 1.29 is 4.79 Å². The summed E-state index contributed by atoms with van der Waals surface area (Å²) < 4.78 is 0.992. The van der Waals surface area contributed by atoms with Crippen LogP contribution in [0.3, 0.4) is 0 Å². The monoisotopic (exact) mass is 414 g/mol. The van der Waals surface area contributed by atoms with E-state index >= 15 is 0 Å². The molecule has 7 heteroatoms. The maximum absolute atomic E-state index is 11.9. The third kappa shape index (κ3) is 9.82. The van der Waals surface area contributed by atoms with Gasteiger partial charge in [-0.05, 0) is 56.0 Å². The van der Waals surface area contributed by atoms with Gasteiger partial charge >= 0.3 is 0 Å². The minimum atomic E-state index is -0.0133. The summed E-state index contributed by atoms with van der Waals surface area (Å²) in [5.74, 6) is 1.94. The second kappa shape index (κ2) is 13.1. The van der Waals surface area contributed by atoms with Crippen molar-refractivity contribution in [3.05, 3.63) is 28.7 Å². The van der Waals surface area contributed by atoms with E-state index in [4.69, 9.17) is 0 Å². The normalized spacial score (nSPS) is 11.2. The first kappa shape index (κ1) is 20.8. The minimum Gasteiger partial charge on any atom is -0.357 e. The van der Waals surface area contributed by atoms with Crippen LogP contribution in [0.2, 0.25) is 0 Å². The summed E-state index contributed by atoms with van der Waals surface area (Å²) >= 11 is 5.24. The average Bonchev–Trinajstić information content (AvgIpc) is 2.56. The molecule has 24 heavy (non-hydrogen) atoms. The molecule has 134 valence electrons. The van der Waals surface area contributed by atoms with Gasteiger partial charge in [0.05, 0.1) is 0 Å². The van der Waals surface area contributed by atoms with Crippen LogP contribution in [0.4, 0.5) is 5.69 Å². The van der Waals surface area contributed by atoms with Crippen LogP contribution in [0.1, 0.15) is 26.2 Å². The molecule has 0 aromatic heterocycles. The van der Waals surface area contributed by atoms with Crippen LogP contribution in [-0.4, -0.2) is 43.5 Å². The lowest BCUT2D eigenvalue weighted by molar-refractivity contribution is -0.116. The lowest BCUT2D eigenvalue weighted by atomic mass is 10.3. The molecule has 0 radical (unpaired) electrons. The van der Waals surface area contributed by atoms with Gasteiger partial charge in [-0.1, -0.05) is 15.9 Å². The number of rotatable bonds is 10. The van der Waals surface area contributed by atoms with Crippen molar-refractivity contribution in [2.45, 2.75) is 26.2 Å². The maximum atomic E-state index is 11.9. The van der Waals surface area contributed by atoms with Crippen LogP contribution in [0.25, 0.3) is 0 Å². The van der Waals surface area contributed by atoms with Crippen LogP contribution in [0.5, 0.6) is 0 Å². The predicted octanol–water partition coefficient (Wildman–Crippen LogP) is 3.48. The number of amides is 1. The summed E-state index contributed by atoms with van der Waals surface area (Å²) in [7, 11) is 0. The van der Waals surface area contributed by atoms with E-state index in [2.05, 4.69) is 43.1 Å². The second-order valence-corrected chi connectivity index (χ2v) is 7.09. The number of halogens is 1. The van der Waals surface area contributed by atoms with Gasteiger partial charge in [0.15, 0.2) is 5.96 Å². The van der Waals surface area contributed by atoms with E-state index in [0.29, 0.717) is 13.0 Å². The molecule has 1 aromatic carbocycles. The van der Waals surface area contributed by atoms with Gasteiger partial charge in [-0.2, -0.15) is 11.8 Å². The summed E-state index contributed by atoms with van der Waals surface area (Å²) in [5, 5.41) is 9.28. The van der Waals surface area contributed by atoms with Crippen molar-refractivity contribution in [2.75, 3.05) is 37.0 Å². The molecule has 0 aliphatic rings. The lowest BCUT2D eigenvalue weighted by Crippen LogP contribution is -2.38. The number of guanidine groups is 1. The molecule has 3 N–H and O–H groups in total. The molecule has 0 bridgehead atoms. The van der Waals surface area contributed by atoms with E-state index in [0.717, 1.165) is 35.6 Å². The second-order valence-electron chi connectivity index (χ2n) is 5.19. The molecule has 5 nitrogen and oxygen atoms in total. The topological polar surface area (TPSA) is 65.5 Å². The molecular formula is C17H27BrN4OS. The van der Waals surface area contributed by atoms with E-state index in [9.17, 15) is 4.79 Å². The van der Waals surface area contributed by atoms with Gasteiger partial charge in [0.2, 0.25) is 5.91 Å². The molecule has 0 spiro atoms. The quantitative estimate of drug-likeness (QED) is 0.311. The number of benzene rings is 1. The first-order valence-electron chi connectivity index (χ1n) is 8.22. The fourth-order valence-corrected chi connectivity index (χ4v) is 2.70. The zero-order valence-electron chi connectivity index (χ0n) is 14.4. The summed E-state index contributed by atoms with van der Waals surface area (Å²) in [6.45, 7) is 4.20. The Morgan fingerprint density at radius 1 is 1.21 bits per heavy atom. The predicted molar refractivity (Wildman–Crippen MR) is 109 cm³/mol. The maximum Gasteiger partial charge on any atom is 0.226 e. The van der Waals surface area contributed by atoms with Crippen LogP contribution in [0, 0.1) is 0 Å². The number of hydrogen-bond donors (Lipinski definition) is 3.